The molecule has 0 aliphatic rings. The molecule has 1 atom stereocenters. The average molecular weight is 253 g/mol. The Hall–Kier alpha value is -2.05. The van der Waals surface area contributed by atoms with E-state index in [1.165, 1.54) is 4.90 Å². The number of nitrogens with one attached hydrogen (secondary N) is 1. The Balaban J connectivity index is 2.77. The predicted octanol–water partition coefficient (Wildman–Crippen LogP) is 0.387. The van der Waals surface area contributed by atoms with Gasteiger partial charge in [0, 0.05) is 19.4 Å². The topological polar surface area (TPSA) is 108 Å². The molecule has 18 heavy (non-hydrogen) atoms. The number of hydrogen-bond acceptors (Lipinski definition) is 4. The number of amidine groups is 1. The maximum atomic E-state index is 12.2. The highest BCUT2D eigenvalue weighted by molar-refractivity contribution is 6.02. The predicted molar refractivity (Wildman–Crippen MR) is 66.8 cm³/mol. The van der Waals surface area contributed by atoms with E-state index in [-0.39, 0.29) is 17.7 Å². The van der Waals surface area contributed by atoms with E-state index < -0.39 is 5.92 Å². The lowest BCUT2D eigenvalue weighted by atomic mass is 9.93. The largest absolute Gasteiger partial charge is 0.409 e. The number of aromatic amines is 1. The van der Waals surface area contributed by atoms with Crippen molar-refractivity contribution in [3.63, 3.8) is 0 Å². The van der Waals surface area contributed by atoms with Crippen LogP contribution in [0.25, 0.3) is 0 Å². The summed E-state index contributed by atoms with van der Waals surface area (Å²) in [6, 6.07) is 0. The van der Waals surface area contributed by atoms with Gasteiger partial charge in [0.25, 0.3) is 0 Å². The zero-order chi connectivity index (χ0) is 13.7. The first-order valence-corrected chi connectivity index (χ1v) is 5.68. The van der Waals surface area contributed by atoms with E-state index in [0.717, 1.165) is 0 Å². The second-order valence-corrected chi connectivity index (χ2v) is 4.48. The summed E-state index contributed by atoms with van der Waals surface area (Å²) < 4.78 is 0. The number of carbonyl (C=O) groups is 1. The molecule has 0 aliphatic carbocycles. The van der Waals surface area contributed by atoms with Gasteiger partial charge >= 0.3 is 0 Å². The van der Waals surface area contributed by atoms with Crippen molar-refractivity contribution in [3.8, 4) is 0 Å². The molecule has 1 aromatic heterocycles. The third-order valence-corrected chi connectivity index (χ3v) is 2.68. The van der Waals surface area contributed by atoms with Crippen molar-refractivity contribution in [2.45, 2.75) is 20.4 Å². The molecule has 1 rings (SSSR count). The smallest absolute Gasteiger partial charge is 0.233 e. The molecular formula is C11H19N5O2. The van der Waals surface area contributed by atoms with Crippen LogP contribution in [0.15, 0.2) is 17.5 Å². The van der Waals surface area contributed by atoms with Gasteiger partial charge in [-0.15, -0.1) is 0 Å². The van der Waals surface area contributed by atoms with Crippen LogP contribution in [0.3, 0.4) is 0 Å². The van der Waals surface area contributed by atoms with Crippen LogP contribution in [-0.2, 0) is 11.3 Å². The number of nitrogens with two attached hydrogens (primary N) is 1. The third-order valence-electron chi connectivity index (χ3n) is 2.68. The maximum Gasteiger partial charge on any atom is 0.233 e. The number of imidazole rings is 1. The third kappa shape index (κ3) is 3.22. The highest BCUT2D eigenvalue weighted by Gasteiger charge is 2.29. The Morgan fingerprint density at radius 3 is 2.78 bits per heavy atom. The van der Waals surface area contributed by atoms with Crippen LogP contribution in [0.4, 0.5) is 0 Å². The number of hydrogen-bond donors (Lipinski definition) is 3. The Labute approximate surface area is 106 Å². The molecule has 7 heteroatoms. The normalized spacial score (nSPS) is 13.7. The van der Waals surface area contributed by atoms with Crippen LogP contribution in [0.1, 0.15) is 19.7 Å². The monoisotopic (exact) mass is 253 g/mol. The van der Waals surface area contributed by atoms with Gasteiger partial charge in [-0.1, -0.05) is 19.0 Å². The fourth-order valence-electron chi connectivity index (χ4n) is 1.74. The summed E-state index contributed by atoms with van der Waals surface area (Å²) in [5.41, 5.74) is 5.56. The summed E-state index contributed by atoms with van der Waals surface area (Å²) in [5, 5.41) is 11.6. The highest BCUT2D eigenvalue weighted by atomic mass is 16.4. The molecule has 0 aliphatic heterocycles. The van der Waals surface area contributed by atoms with Crippen molar-refractivity contribution in [2.24, 2.45) is 22.7 Å². The zero-order valence-corrected chi connectivity index (χ0v) is 10.8. The van der Waals surface area contributed by atoms with E-state index in [2.05, 4.69) is 15.1 Å². The van der Waals surface area contributed by atoms with Crippen LogP contribution < -0.4 is 5.73 Å². The minimum Gasteiger partial charge on any atom is -0.409 e. The number of nitrogens with zero attached hydrogens (tertiary/aromatic N) is 3. The average Bonchev–Trinajstić information content (AvgIpc) is 2.81. The molecule has 4 N–H and O–H groups in total. The van der Waals surface area contributed by atoms with Gasteiger partial charge in [0.05, 0.1) is 6.54 Å². The van der Waals surface area contributed by atoms with E-state index in [0.29, 0.717) is 12.4 Å². The van der Waals surface area contributed by atoms with Gasteiger partial charge in [0.1, 0.15) is 11.7 Å². The van der Waals surface area contributed by atoms with Gasteiger partial charge in [-0.3, -0.25) is 4.79 Å². The molecule has 0 saturated carbocycles. The van der Waals surface area contributed by atoms with Crippen molar-refractivity contribution in [1.29, 1.82) is 0 Å². The van der Waals surface area contributed by atoms with Gasteiger partial charge in [-0.05, 0) is 5.92 Å². The minimum atomic E-state index is -0.630. The molecule has 0 bridgehead atoms. The Bertz CT molecular complexity index is 413. The van der Waals surface area contributed by atoms with Crippen molar-refractivity contribution in [2.75, 3.05) is 7.05 Å². The van der Waals surface area contributed by atoms with Crippen LogP contribution >= 0.6 is 0 Å². The van der Waals surface area contributed by atoms with E-state index in [1.54, 1.807) is 19.4 Å². The number of oxime groups is 1. The van der Waals surface area contributed by atoms with Gasteiger partial charge in [-0.2, -0.15) is 0 Å². The van der Waals surface area contributed by atoms with Crippen LogP contribution in [0.5, 0.6) is 0 Å². The Morgan fingerprint density at radius 1 is 1.67 bits per heavy atom. The lowest BCUT2D eigenvalue weighted by molar-refractivity contribution is -0.133. The second-order valence-electron chi connectivity index (χ2n) is 4.48. The second kappa shape index (κ2) is 6.04. The molecule has 7 nitrogen and oxygen atoms in total. The zero-order valence-electron chi connectivity index (χ0n) is 10.8. The molecule has 0 saturated heterocycles. The van der Waals surface area contributed by atoms with Crippen LogP contribution in [-0.4, -0.2) is 38.9 Å². The Morgan fingerprint density at radius 2 is 2.33 bits per heavy atom. The van der Waals surface area contributed by atoms with E-state index in [9.17, 15) is 4.79 Å². The van der Waals surface area contributed by atoms with E-state index in [1.807, 2.05) is 13.8 Å². The molecule has 0 radical (unpaired) electrons. The molecule has 1 amide bonds. The molecule has 0 fully saturated rings. The lowest BCUT2D eigenvalue weighted by Gasteiger charge is -2.24. The summed E-state index contributed by atoms with van der Waals surface area (Å²) in [4.78, 5) is 20.7. The number of H-pyrrole nitrogens is 1. The van der Waals surface area contributed by atoms with Crippen molar-refractivity contribution in [3.05, 3.63) is 18.2 Å². The van der Waals surface area contributed by atoms with Gasteiger partial charge in [0.15, 0.2) is 5.84 Å². The molecule has 1 unspecified atom stereocenters. The fourth-order valence-corrected chi connectivity index (χ4v) is 1.74. The molecular weight excluding hydrogens is 234 g/mol. The van der Waals surface area contributed by atoms with Crippen molar-refractivity contribution >= 4 is 11.7 Å². The molecule has 0 aromatic carbocycles. The van der Waals surface area contributed by atoms with Gasteiger partial charge in [-0.25, -0.2) is 4.98 Å². The first kappa shape index (κ1) is 14.0. The number of aromatic nitrogens is 2. The molecule has 1 heterocycles. The quantitative estimate of drug-likeness (QED) is 0.305. The molecule has 0 spiro atoms. The SMILES string of the molecule is CC(C)C(C(=O)N(C)Cc1ncc[nH]1)C(N)=NO. The van der Waals surface area contributed by atoms with Crippen LogP contribution in [0, 0.1) is 11.8 Å². The Kier molecular flexibility index (Phi) is 4.70. The van der Waals surface area contributed by atoms with Gasteiger partial charge < -0.3 is 20.8 Å². The van der Waals surface area contributed by atoms with Crippen molar-refractivity contribution < 1.29 is 10.0 Å². The summed E-state index contributed by atoms with van der Waals surface area (Å²) in [6.45, 7) is 4.05. The minimum absolute atomic E-state index is 0.0487. The number of rotatable bonds is 5. The van der Waals surface area contributed by atoms with E-state index in [4.69, 9.17) is 10.9 Å². The maximum absolute atomic E-state index is 12.2. The first-order chi connectivity index (χ1) is 8.47. The summed E-state index contributed by atoms with van der Waals surface area (Å²) >= 11 is 0. The summed E-state index contributed by atoms with van der Waals surface area (Å²) in [7, 11) is 1.66. The molecule has 100 valence electrons. The first-order valence-electron chi connectivity index (χ1n) is 5.68. The highest BCUT2D eigenvalue weighted by Crippen LogP contribution is 2.15. The summed E-state index contributed by atoms with van der Waals surface area (Å²) in [5.74, 6) is -0.256. The van der Waals surface area contributed by atoms with Gasteiger partial charge in [0.2, 0.25) is 5.91 Å². The summed E-state index contributed by atoms with van der Waals surface area (Å²) in [6.07, 6.45) is 3.31. The number of carbonyl (C=O) groups excluding carboxylic acids is 1. The van der Waals surface area contributed by atoms with E-state index >= 15 is 0 Å². The fraction of sp³-hybridized carbons (Fsp3) is 0.545. The van der Waals surface area contributed by atoms with Crippen LogP contribution in [0.2, 0.25) is 0 Å². The standard InChI is InChI=1S/C11H19N5O2/c1-7(2)9(10(12)15-18)11(17)16(3)6-8-13-4-5-14-8/h4-5,7,9,18H,6H2,1-3H3,(H2,12,15)(H,13,14). The molecule has 1 aromatic rings. The van der Waals surface area contributed by atoms with Crippen molar-refractivity contribution in [1.82, 2.24) is 14.9 Å². The number of amides is 1. The lowest BCUT2D eigenvalue weighted by Crippen LogP contribution is -2.42.